The highest BCUT2D eigenvalue weighted by Crippen LogP contribution is 2.07. The van der Waals surface area contributed by atoms with Gasteiger partial charge in [0.05, 0.1) is 0 Å². The normalized spacial score (nSPS) is 10.4. The van der Waals surface area contributed by atoms with Crippen molar-refractivity contribution in [3.8, 4) is 0 Å². The van der Waals surface area contributed by atoms with Crippen LogP contribution in [-0.4, -0.2) is 5.91 Å². The van der Waals surface area contributed by atoms with Crippen LogP contribution in [0.4, 0.5) is 0 Å². The van der Waals surface area contributed by atoms with Crippen LogP contribution >= 0.6 is 11.6 Å². The highest BCUT2D eigenvalue weighted by molar-refractivity contribution is 6.17. The summed E-state index contributed by atoms with van der Waals surface area (Å²) in [6, 6.07) is 8.02. The Morgan fingerprint density at radius 3 is 2.32 bits per heavy atom. The standard InChI is InChI=1S/C16H24ClNO/c1-2-3-4-5-6-7-16(19)18-13-15-10-8-14(12-17)9-11-15/h8-11H,2-7,12-13H2,1H3,(H,18,19). The molecule has 1 rings (SSSR count). The van der Waals surface area contributed by atoms with Gasteiger partial charge in [-0.15, -0.1) is 11.6 Å². The fourth-order valence-electron chi connectivity index (χ4n) is 1.92. The van der Waals surface area contributed by atoms with E-state index in [1.54, 1.807) is 0 Å². The lowest BCUT2D eigenvalue weighted by Crippen LogP contribution is -2.22. The van der Waals surface area contributed by atoms with Crippen molar-refractivity contribution in [1.82, 2.24) is 5.32 Å². The van der Waals surface area contributed by atoms with Gasteiger partial charge in [0.2, 0.25) is 5.91 Å². The molecule has 0 heterocycles. The Kier molecular flexibility index (Phi) is 8.31. The maximum Gasteiger partial charge on any atom is 0.220 e. The van der Waals surface area contributed by atoms with E-state index in [0.29, 0.717) is 18.8 Å². The maximum absolute atomic E-state index is 11.6. The summed E-state index contributed by atoms with van der Waals surface area (Å²) in [4.78, 5) is 11.6. The van der Waals surface area contributed by atoms with Crippen molar-refractivity contribution in [3.63, 3.8) is 0 Å². The van der Waals surface area contributed by atoms with Crippen LogP contribution < -0.4 is 5.32 Å². The number of amides is 1. The van der Waals surface area contributed by atoms with Gasteiger partial charge in [-0.2, -0.15) is 0 Å². The fraction of sp³-hybridized carbons (Fsp3) is 0.562. The molecule has 2 nitrogen and oxygen atoms in total. The second-order valence-electron chi connectivity index (χ2n) is 4.89. The zero-order valence-electron chi connectivity index (χ0n) is 11.8. The molecule has 106 valence electrons. The molecule has 0 bridgehead atoms. The van der Waals surface area contributed by atoms with Crippen molar-refractivity contribution in [3.05, 3.63) is 35.4 Å². The van der Waals surface area contributed by atoms with E-state index in [-0.39, 0.29) is 5.91 Å². The van der Waals surface area contributed by atoms with Crippen LogP contribution in [0, 0.1) is 0 Å². The van der Waals surface area contributed by atoms with Gasteiger partial charge in [0.1, 0.15) is 0 Å². The first kappa shape index (κ1) is 16.0. The Labute approximate surface area is 121 Å². The molecule has 0 aromatic heterocycles. The molecule has 19 heavy (non-hydrogen) atoms. The van der Waals surface area contributed by atoms with Crippen LogP contribution in [0.5, 0.6) is 0 Å². The van der Waals surface area contributed by atoms with E-state index in [1.807, 2.05) is 24.3 Å². The van der Waals surface area contributed by atoms with Crippen molar-refractivity contribution in [2.45, 2.75) is 57.9 Å². The van der Waals surface area contributed by atoms with E-state index in [0.717, 1.165) is 24.0 Å². The van der Waals surface area contributed by atoms with E-state index < -0.39 is 0 Å². The maximum atomic E-state index is 11.6. The third-order valence-electron chi connectivity index (χ3n) is 3.17. The summed E-state index contributed by atoms with van der Waals surface area (Å²) >= 11 is 5.73. The molecule has 0 fully saturated rings. The number of carbonyl (C=O) groups excluding carboxylic acids is 1. The Balaban J connectivity index is 2.15. The first-order valence-corrected chi connectivity index (χ1v) is 7.70. The van der Waals surface area contributed by atoms with Gasteiger partial charge in [0.25, 0.3) is 0 Å². The number of hydrogen-bond donors (Lipinski definition) is 1. The highest BCUT2D eigenvalue weighted by Gasteiger charge is 2.01. The first-order chi connectivity index (χ1) is 9.26. The predicted octanol–water partition coefficient (Wildman–Crippen LogP) is 4.40. The Morgan fingerprint density at radius 1 is 1.05 bits per heavy atom. The SMILES string of the molecule is CCCCCCCC(=O)NCc1ccc(CCl)cc1. The minimum Gasteiger partial charge on any atom is -0.352 e. The molecule has 0 radical (unpaired) electrons. The van der Waals surface area contributed by atoms with Gasteiger partial charge in [0.15, 0.2) is 0 Å². The Hall–Kier alpha value is -1.02. The third kappa shape index (κ3) is 7.22. The Bertz CT molecular complexity index is 362. The zero-order valence-corrected chi connectivity index (χ0v) is 12.5. The molecule has 1 aromatic rings. The molecular weight excluding hydrogens is 258 g/mol. The van der Waals surface area contributed by atoms with Crippen LogP contribution in [-0.2, 0) is 17.2 Å². The average molecular weight is 282 g/mol. The van der Waals surface area contributed by atoms with Crippen LogP contribution in [0.25, 0.3) is 0 Å². The minimum absolute atomic E-state index is 0.151. The molecule has 0 aliphatic rings. The van der Waals surface area contributed by atoms with Crippen LogP contribution in [0.1, 0.15) is 56.6 Å². The Morgan fingerprint density at radius 2 is 1.68 bits per heavy atom. The molecule has 0 saturated carbocycles. The molecule has 0 unspecified atom stereocenters. The van der Waals surface area contributed by atoms with E-state index in [4.69, 9.17) is 11.6 Å². The molecule has 3 heteroatoms. The number of alkyl halides is 1. The van der Waals surface area contributed by atoms with Crippen molar-refractivity contribution >= 4 is 17.5 Å². The van der Waals surface area contributed by atoms with Gasteiger partial charge in [-0.05, 0) is 17.5 Å². The molecule has 0 aliphatic carbocycles. The molecule has 1 aromatic carbocycles. The monoisotopic (exact) mass is 281 g/mol. The number of carbonyl (C=O) groups is 1. The molecule has 0 aliphatic heterocycles. The molecule has 1 N–H and O–H groups in total. The number of nitrogens with one attached hydrogen (secondary N) is 1. The highest BCUT2D eigenvalue weighted by atomic mass is 35.5. The van der Waals surface area contributed by atoms with Gasteiger partial charge in [-0.1, -0.05) is 56.9 Å². The second kappa shape index (κ2) is 9.85. The van der Waals surface area contributed by atoms with Gasteiger partial charge in [0, 0.05) is 18.8 Å². The smallest absolute Gasteiger partial charge is 0.220 e. The molecule has 0 spiro atoms. The second-order valence-corrected chi connectivity index (χ2v) is 5.16. The summed E-state index contributed by atoms with van der Waals surface area (Å²) in [5.41, 5.74) is 2.22. The first-order valence-electron chi connectivity index (χ1n) is 7.16. The van der Waals surface area contributed by atoms with Crippen LogP contribution in [0.2, 0.25) is 0 Å². The quantitative estimate of drug-likeness (QED) is 0.527. The van der Waals surface area contributed by atoms with Gasteiger partial charge < -0.3 is 5.32 Å². The minimum atomic E-state index is 0.151. The largest absolute Gasteiger partial charge is 0.352 e. The van der Waals surface area contributed by atoms with E-state index >= 15 is 0 Å². The van der Waals surface area contributed by atoms with Gasteiger partial charge in [-0.25, -0.2) is 0 Å². The number of unbranched alkanes of at least 4 members (excludes halogenated alkanes) is 4. The molecule has 0 atom stereocenters. The average Bonchev–Trinajstić information content (AvgIpc) is 2.45. The van der Waals surface area contributed by atoms with Gasteiger partial charge in [-0.3, -0.25) is 4.79 Å². The van der Waals surface area contributed by atoms with Crippen molar-refractivity contribution < 1.29 is 4.79 Å². The van der Waals surface area contributed by atoms with Crippen LogP contribution in [0.15, 0.2) is 24.3 Å². The summed E-state index contributed by atoms with van der Waals surface area (Å²) in [7, 11) is 0. The summed E-state index contributed by atoms with van der Waals surface area (Å²) < 4.78 is 0. The number of hydrogen-bond acceptors (Lipinski definition) is 1. The molecular formula is C16H24ClNO. The van der Waals surface area contributed by atoms with E-state index in [9.17, 15) is 4.79 Å². The number of halogens is 1. The lowest BCUT2D eigenvalue weighted by atomic mass is 10.1. The topological polar surface area (TPSA) is 29.1 Å². The van der Waals surface area contributed by atoms with Crippen molar-refractivity contribution in [2.24, 2.45) is 0 Å². The molecule has 1 amide bonds. The zero-order chi connectivity index (χ0) is 13.9. The van der Waals surface area contributed by atoms with Gasteiger partial charge >= 0.3 is 0 Å². The molecule has 0 saturated heterocycles. The van der Waals surface area contributed by atoms with Crippen molar-refractivity contribution in [2.75, 3.05) is 0 Å². The van der Waals surface area contributed by atoms with E-state index in [1.165, 1.54) is 19.3 Å². The van der Waals surface area contributed by atoms with E-state index in [2.05, 4.69) is 12.2 Å². The summed E-state index contributed by atoms with van der Waals surface area (Å²) in [5.74, 6) is 0.683. The predicted molar refractivity (Wildman–Crippen MR) is 81.2 cm³/mol. The van der Waals surface area contributed by atoms with Crippen molar-refractivity contribution in [1.29, 1.82) is 0 Å². The lowest BCUT2D eigenvalue weighted by Gasteiger charge is -2.06. The number of benzene rings is 1. The lowest BCUT2D eigenvalue weighted by molar-refractivity contribution is -0.121. The third-order valence-corrected chi connectivity index (χ3v) is 3.48. The summed E-state index contributed by atoms with van der Waals surface area (Å²) in [6.45, 7) is 2.80. The fourth-order valence-corrected chi connectivity index (χ4v) is 2.10. The summed E-state index contributed by atoms with van der Waals surface area (Å²) in [5, 5.41) is 2.96. The van der Waals surface area contributed by atoms with Crippen LogP contribution in [0.3, 0.4) is 0 Å². The summed E-state index contributed by atoms with van der Waals surface area (Å²) in [6.07, 6.45) is 6.55. The number of rotatable bonds is 9.